The molecule has 2 N–H and O–H groups in total. The SMILES string of the molecule is NCc1nc2ccc(F)cn2n1. The van der Waals surface area contributed by atoms with E-state index in [0.29, 0.717) is 11.5 Å². The van der Waals surface area contributed by atoms with Crippen LogP contribution in [0, 0.1) is 5.82 Å². The highest BCUT2D eigenvalue weighted by Gasteiger charge is 2.01. The number of fused-ring (bicyclic) bond motifs is 1. The first kappa shape index (κ1) is 7.17. The molecule has 2 heterocycles. The van der Waals surface area contributed by atoms with Crippen LogP contribution in [0.1, 0.15) is 5.82 Å². The van der Waals surface area contributed by atoms with E-state index in [2.05, 4.69) is 10.1 Å². The van der Waals surface area contributed by atoms with E-state index >= 15 is 0 Å². The van der Waals surface area contributed by atoms with Crippen LogP contribution in [0.2, 0.25) is 0 Å². The Morgan fingerprint density at radius 1 is 1.50 bits per heavy atom. The predicted molar refractivity (Wildman–Crippen MR) is 40.8 cm³/mol. The van der Waals surface area contributed by atoms with Crippen molar-refractivity contribution in [3.63, 3.8) is 0 Å². The van der Waals surface area contributed by atoms with Crippen molar-refractivity contribution in [1.82, 2.24) is 14.6 Å². The summed E-state index contributed by atoms with van der Waals surface area (Å²) in [7, 11) is 0. The minimum absolute atomic E-state index is 0.267. The molecule has 0 aliphatic carbocycles. The highest BCUT2D eigenvalue weighted by Crippen LogP contribution is 2.02. The van der Waals surface area contributed by atoms with Gasteiger partial charge in [-0.2, -0.15) is 0 Å². The Labute approximate surface area is 67.8 Å². The topological polar surface area (TPSA) is 56.2 Å². The summed E-state index contributed by atoms with van der Waals surface area (Å²) in [5.41, 5.74) is 5.93. The summed E-state index contributed by atoms with van der Waals surface area (Å²) in [6, 6.07) is 2.89. The van der Waals surface area contributed by atoms with E-state index in [-0.39, 0.29) is 12.4 Å². The Hall–Kier alpha value is -1.49. The van der Waals surface area contributed by atoms with Gasteiger partial charge in [0.15, 0.2) is 11.5 Å². The molecular weight excluding hydrogens is 159 g/mol. The quantitative estimate of drug-likeness (QED) is 0.664. The smallest absolute Gasteiger partial charge is 0.165 e. The first-order valence-electron chi connectivity index (χ1n) is 3.50. The lowest BCUT2D eigenvalue weighted by atomic mass is 10.5. The van der Waals surface area contributed by atoms with Crippen LogP contribution in [-0.2, 0) is 6.54 Å². The highest BCUT2D eigenvalue weighted by atomic mass is 19.1. The van der Waals surface area contributed by atoms with Crippen LogP contribution >= 0.6 is 0 Å². The third kappa shape index (κ3) is 1.04. The molecule has 2 aromatic heterocycles. The maximum absolute atomic E-state index is 12.6. The Kier molecular flexibility index (Phi) is 1.51. The van der Waals surface area contributed by atoms with Crippen LogP contribution < -0.4 is 5.73 Å². The monoisotopic (exact) mass is 166 g/mol. The second-order valence-electron chi connectivity index (χ2n) is 2.38. The third-order valence-electron chi connectivity index (χ3n) is 1.52. The zero-order valence-electron chi connectivity index (χ0n) is 6.24. The summed E-state index contributed by atoms with van der Waals surface area (Å²) in [5.74, 6) is 0.177. The van der Waals surface area contributed by atoms with Gasteiger partial charge in [-0.1, -0.05) is 0 Å². The minimum Gasteiger partial charge on any atom is -0.324 e. The Morgan fingerprint density at radius 3 is 3.08 bits per heavy atom. The summed E-state index contributed by atoms with van der Waals surface area (Å²) in [6.45, 7) is 0.267. The largest absolute Gasteiger partial charge is 0.324 e. The van der Waals surface area contributed by atoms with Crippen LogP contribution in [0.4, 0.5) is 4.39 Å². The van der Waals surface area contributed by atoms with Crippen molar-refractivity contribution in [2.75, 3.05) is 0 Å². The molecule has 0 radical (unpaired) electrons. The Bertz CT molecular complexity index is 409. The van der Waals surface area contributed by atoms with Crippen molar-refractivity contribution in [3.05, 3.63) is 30.0 Å². The standard InChI is InChI=1S/C7H7FN4/c8-5-1-2-7-10-6(3-9)11-12(7)4-5/h1-2,4H,3,9H2. The lowest BCUT2D eigenvalue weighted by Gasteiger charge is -1.88. The van der Waals surface area contributed by atoms with Gasteiger partial charge in [0, 0.05) is 0 Å². The minimum atomic E-state index is -0.337. The number of nitrogens with zero attached hydrogens (tertiary/aromatic N) is 3. The van der Waals surface area contributed by atoms with Gasteiger partial charge < -0.3 is 5.73 Å². The zero-order valence-corrected chi connectivity index (χ0v) is 6.24. The molecule has 0 fully saturated rings. The average Bonchev–Trinajstić information content (AvgIpc) is 2.46. The maximum atomic E-state index is 12.6. The van der Waals surface area contributed by atoms with Gasteiger partial charge in [-0.15, -0.1) is 5.10 Å². The molecule has 12 heavy (non-hydrogen) atoms. The lowest BCUT2D eigenvalue weighted by Crippen LogP contribution is -1.98. The van der Waals surface area contributed by atoms with Crippen LogP contribution in [-0.4, -0.2) is 14.6 Å². The first-order chi connectivity index (χ1) is 5.79. The summed E-state index contributed by atoms with van der Waals surface area (Å²) in [5, 5.41) is 3.93. The molecular formula is C7H7FN4. The fourth-order valence-electron chi connectivity index (χ4n) is 0.991. The van der Waals surface area contributed by atoms with Gasteiger partial charge in [-0.3, -0.25) is 0 Å². The molecule has 0 saturated carbocycles. The van der Waals surface area contributed by atoms with Crippen molar-refractivity contribution in [2.24, 2.45) is 5.73 Å². The summed E-state index contributed by atoms with van der Waals surface area (Å²) in [4.78, 5) is 4.03. The van der Waals surface area contributed by atoms with Gasteiger partial charge in [-0.25, -0.2) is 13.9 Å². The van der Waals surface area contributed by atoms with Gasteiger partial charge in [0.2, 0.25) is 0 Å². The number of halogens is 1. The van der Waals surface area contributed by atoms with Crippen molar-refractivity contribution >= 4 is 5.65 Å². The van der Waals surface area contributed by atoms with Crippen LogP contribution in [0.5, 0.6) is 0 Å². The molecule has 2 aromatic rings. The van der Waals surface area contributed by atoms with Gasteiger partial charge in [0.05, 0.1) is 12.7 Å². The van der Waals surface area contributed by atoms with Crippen molar-refractivity contribution in [3.8, 4) is 0 Å². The van der Waals surface area contributed by atoms with Gasteiger partial charge in [-0.05, 0) is 12.1 Å². The van der Waals surface area contributed by atoms with E-state index in [1.807, 2.05) is 0 Å². The van der Waals surface area contributed by atoms with Crippen molar-refractivity contribution in [2.45, 2.75) is 6.54 Å². The zero-order chi connectivity index (χ0) is 8.55. The number of hydrogen-bond acceptors (Lipinski definition) is 3. The number of hydrogen-bond donors (Lipinski definition) is 1. The van der Waals surface area contributed by atoms with E-state index in [1.165, 1.54) is 16.8 Å². The predicted octanol–water partition coefficient (Wildman–Crippen LogP) is 0.327. The van der Waals surface area contributed by atoms with E-state index in [4.69, 9.17) is 5.73 Å². The van der Waals surface area contributed by atoms with Crippen LogP contribution in [0.25, 0.3) is 5.65 Å². The maximum Gasteiger partial charge on any atom is 0.165 e. The number of nitrogens with two attached hydrogens (primary N) is 1. The Balaban J connectivity index is 2.67. The van der Waals surface area contributed by atoms with E-state index in [9.17, 15) is 4.39 Å². The van der Waals surface area contributed by atoms with Crippen LogP contribution in [0.3, 0.4) is 0 Å². The Morgan fingerprint density at radius 2 is 2.33 bits per heavy atom. The number of aromatic nitrogens is 3. The van der Waals surface area contributed by atoms with Gasteiger partial charge in [0.1, 0.15) is 5.82 Å². The van der Waals surface area contributed by atoms with Crippen molar-refractivity contribution in [1.29, 1.82) is 0 Å². The molecule has 0 bridgehead atoms. The van der Waals surface area contributed by atoms with Crippen LogP contribution in [0.15, 0.2) is 18.3 Å². The molecule has 0 aliphatic heterocycles. The normalized spacial score (nSPS) is 10.8. The molecule has 0 aliphatic rings. The fourth-order valence-corrected chi connectivity index (χ4v) is 0.991. The van der Waals surface area contributed by atoms with E-state index < -0.39 is 0 Å². The average molecular weight is 166 g/mol. The van der Waals surface area contributed by atoms with E-state index in [1.54, 1.807) is 6.07 Å². The van der Waals surface area contributed by atoms with Gasteiger partial charge >= 0.3 is 0 Å². The molecule has 0 atom stereocenters. The number of pyridine rings is 1. The third-order valence-corrected chi connectivity index (χ3v) is 1.52. The molecule has 0 amide bonds. The van der Waals surface area contributed by atoms with Gasteiger partial charge in [0.25, 0.3) is 0 Å². The molecule has 0 spiro atoms. The summed E-state index contributed by atoms with van der Waals surface area (Å²) >= 11 is 0. The second kappa shape index (κ2) is 2.53. The first-order valence-corrected chi connectivity index (χ1v) is 3.50. The second-order valence-corrected chi connectivity index (χ2v) is 2.38. The summed E-state index contributed by atoms with van der Waals surface area (Å²) < 4.78 is 14.0. The molecule has 5 heteroatoms. The summed E-state index contributed by atoms with van der Waals surface area (Å²) in [6.07, 6.45) is 1.27. The fraction of sp³-hybridized carbons (Fsp3) is 0.143. The molecule has 2 rings (SSSR count). The van der Waals surface area contributed by atoms with E-state index in [0.717, 1.165) is 0 Å². The molecule has 0 unspecified atom stereocenters. The number of rotatable bonds is 1. The molecule has 0 saturated heterocycles. The lowest BCUT2D eigenvalue weighted by molar-refractivity contribution is 0.614. The highest BCUT2D eigenvalue weighted by molar-refractivity contribution is 5.36. The molecule has 0 aromatic carbocycles. The molecule has 4 nitrogen and oxygen atoms in total. The van der Waals surface area contributed by atoms with Crippen molar-refractivity contribution < 1.29 is 4.39 Å². The molecule has 62 valence electrons.